The zero-order valence-corrected chi connectivity index (χ0v) is 10.6. The highest BCUT2D eigenvalue weighted by molar-refractivity contribution is 5.99. The molecule has 0 saturated heterocycles. The van der Waals surface area contributed by atoms with Crippen molar-refractivity contribution in [3.05, 3.63) is 30.0 Å². The van der Waals surface area contributed by atoms with E-state index in [2.05, 4.69) is 5.32 Å². The van der Waals surface area contributed by atoms with Crippen LogP contribution in [-0.2, 0) is 7.05 Å². The van der Waals surface area contributed by atoms with E-state index in [0.717, 1.165) is 16.7 Å². The summed E-state index contributed by atoms with van der Waals surface area (Å²) >= 11 is 0. The number of hydrogen-bond donors (Lipinski definition) is 2. The van der Waals surface area contributed by atoms with Crippen LogP contribution in [0.2, 0.25) is 0 Å². The van der Waals surface area contributed by atoms with Crippen molar-refractivity contribution in [2.75, 3.05) is 20.2 Å². The van der Waals surface area contributed by atoms with Crippen LogP contribution < -0.4 is 15.8 Å². The number of amides is 1. The van der Waals surface area contributed by atoms with Gasteiger partial charge in [0.25, 0.3) is 5.91 Å². The Morgan fingerprint density at radius 3 is 2.89 bits per heavy atom. The Labute approximate surface area is 106 Å². The third kappa shape index (κ3) is 2.17. The van der Waals surface area contributed by atoms with Crippen molar-refractivity contribution in [3.8, 4) is 5.75 Å². The largest absolute Gasteiger partial charge is 0.497 e. The standard InChI is InChI=1S/C13H17N3O2/c1-16-11-4-3-10(18-2)7-9(11)8-12(16)13(17)15-6-5-14/h3-4,7-8H,5-6,14H2,1-2H3,(H,15,17). The molecule has 1 heterocycles. The average Bonchev–Trinajstić information content (AvgIpc) is 2.72. The zero-order valence-electron chi connectivity index (χ0n) is 10.6. The molecular formula is C13H17N3O2. The summed E-state index contributed by atoms with van der Waals surface area (Å²) in [6.45, 7) is 0.910. The van der Waals surface area contributed by atoms with E-state index in [4.69, 9.17) is 10.5 Å². The summed E-state index contributed by atoms with van der Waals surface area (Å²) in [6.07, 6.45) is 0. The first kappa shape index (κ1) is 12.4. The smallest absolute Gasteiger partial charge is 0.267 e. The number of methoxy groups -OCH3 is 1. The van der Waals surface area contributed by atoms with E-state index in [9.17, 15) is 4.79 Å². The van der Waals surface area contributed by atoms with E-state index in [1.165, 1.54) is 0 Å². The summed E-state index contributed by atoms with van der Waals surface area (Å²) in [7, 11) is 3.49. The molecule has 0 aliphatic heterocycles. The number of hydrogen-bond acceptors (Lipinski definition) is 3. The van der Waals surface area contributed by atoms with E-state index >= 15 is 0 Å². The van der Waals surface area contributed by atoms with Crippen molar-refractivity contribution in [2.24, 2.45) is 12.8 Å². The summed E-state index contributed by atoms with van der Waals surface area (Å²) in [4.78, 5) is 11.9. The lowest BCUT2D eigenvalue weighted by molar-refractivity contribution is 0.0947. The Balaban J connectivity index is 2.40. The fourth-order valence-electron chi connectivity index (χ4n) is 1.95. The summed E-state index contributed by atoms with van der Waals surface area (Å²) in [5, 5.41) is 3.74. The fourth-order valence-corrected chi connectivity index (χ4v) is 1.95. The van der Waals surface area contributed by atoms with Gasteiger partial charge in [0, 0.05) is 31.0 Å². The summed E-state index contributed by atoms with van der Waals surface area (Å²) in [5.74, 6) is 0.667. The van der Waals surface area contributed by atoms with Crippen molar-refractivity contribution < 1.29 is 9.53 Å². The number of nitrogens with one attached hydrogen (secondary N) is 1. The highest BCUT2D eigenvalue weighted by Gasteiger charge is 2.12. The molecule has 5 heteroatoms. The molecule has 1 amide bonds. The van der Waals surface area contributed by atoms with Gasteiger partial charge in [-0.15, -0.1) is 0 Å². The lowest BCUT2D eigenvalue weighted by Gasteiger charge is -2.05. The van der Waals surface area contributed by atoms with Gasteiger partial charge in [0.2, 0.25) is 0 Å². The molecule has 0 fully saturated rings. The number of aromatic nitrogens is 1. The molecule has 5 nitrogen and oxygen atoms in total. The van der Waals surface area contributed by atoms with Crippen molar-refractivity contribution >= 4 is 16.8 Å². The van der Waals surface area contributed by atoms with Gasteiger partial charge in [0.15, 0.2) is 0 Å². The second kappa shape index (κ2) is 5.10. The Morgan fingerprint density at radius 1 is 1.44 bits per heavy atom. The van der Waals surface area contributed by atoms with Crippen LogP contribution in [0.4, 0.5) is 0 Å². The number of benzene rings is 1. The van der Waals surface area contributed by atoms with Gasteiger partial charge in [-0.2, -0.15) is 0 Å². The van der Waals surface area contributed by atoms with E-state index in [-0.39, 0.29) is 5.91 Å². The van der Waals surface area contributed by atoms with Crippen molar-refractivity contribution in [2.45, 2.75) is 0 Å². The SMILES string of the molecule is COc1ccc2c(c1)cc(C(=O)NCCN)n2C. The maximum Gasteiger partial charge on any atom is 0.267 e. The molecule has 1 aromatic carbocycles. The Morgan fingerprint density at radius 2 is 2.22 bits per heavy atom. The number of nitrogens with zero attached hydrogens (tertiary/aromatic N) is 1. The fraction of sp³-hybridized carbons (Fsp3) is 0.308. The van der Waals surface area contributed by atoms with Gasteiger partial charge in [-0.1, -0.05) is 0 Å². The maximum atomic E-state index is 11.9. The van der Waals surface area contributed by atoms with Crippen LogP contribution >= 0.6 is 0 Å². The highest BCUT2D eigenvalue weighted by Crippen LogP contribution is 2.23. The first-order chi connectivity index (χ1) is 8.67. The maximum absolute atomic E-state index is 11.9. The molecule has 0 bridgehead atoms. The van der Waals surface area contributed by atoms with Crippen LogP contribution in [0, 0.1) is 0 Å². The predicted octanol–water partition coefficient (Wildman–Crippen LogP) is 0.875. The van der Waals surface area contributed by atoms with Gasteiger partial charge in [-0.05, 0) is 24.3 Å². The number of carbonyl (C=O) groups is 1. The minimum absolute atomic E-state index is 0.113. The minimum Gasteiger partial charge on any atom is -0.497 e. The first-order valence-corrected chi connectivity index (χ1v) is 5.79. The average molecular weight is 247 g/mol. The van der Waals surface area contributed by atoms with E-state index in [0.29, 0.717) is 18.8 Å². The van der Waals surface area contributed by atoms with Gasteiger partial charge in [0.05, 0.1) is 7.11 Å². The van der Waals surface area contributed by atoms with Crippen LogP contribution in [0.1, 0.15) is 10.5 Å². The lowest BCUT2D eigenvalue weighted by Crippen LogP contribution is -2.30. The quantitative estimate of drug-likeness (QED) is 0.842. The number of aryl methyl sites for hydroxylation is 1. The predicted molar refractivity (Wildman–Crippen MR) is 70.9 cm³/mol. The summed E-state index contributed by atoms with van der Waals surface area (Å²) in [6, 6.07) is 7.58. The molecule has 2 rings (SSSR count). The third-order valence-corrected chi connectivity index (χ3v) is 2.91. The number of carbonyl (C=O) groups excluding carboxylic acids is 1. The van der Waals surface area contributed by atoms with E-state index in [1.54, 1.807) is 7.11 Å². The molecule has 0 aliphatic carbocycles. The van der Waals surface area contributed by atoms with Crippen LogP contribution in [0.3, 0.4) is 0 Å². The van der Waals surface area contributed by atoms with Crippen LogP contribution in [0.25, 0.3) is 10.9 Å². The number of fused-ring (bicyclic) bond motifs is 1. The lowest BCUT2D eigenvalue weighted by atomic mass is 10.2. The Hall–Kier alpha value is -2.01. The van der Waals surface area contributed by atoms with Gasteiger partial charge >= 0.3 is 0 Å². The van der Waals surface area contributed by atoms with Crippen molar-refractivity contribution in [3.63, 3.8) is 0 Å². The van der Waals surface area contributed by atoms with E-state index < -0.39 is 0 Å². The summed E-state index contributed by atoms with van der Waals surface area (Å²) in [5.41, 5.74) is 6.98. The molecule has 96 valence electrons. The second-order valence-electron chi connectivity index (χ2n) is 4.06. The zero-order chi connectivity index (χ0) is 13.1. The van der Waals surface area contributed by atoms with Gasteiger partial charge < -0.3 is 20.4 Å². The molecule has 1 aromatic heterocycles. The summed E-state index contributed by atoms with van der Waals surface area (Å²) < 4.78 is 7.03. The normalized spacial score (nSPS) is 10.6. The first-order valence-electron chi connectivity index (χ1n) is 5.79. The van der Waals surface area contributed by atoms with Gasteiger partial charge in [0.1, 0.15) is 11.4 Å². The molecule has 0 saturated carbocycles. The number of nitrogens with two attached hydrogens (primary N) is 1. The number of rotatable bonds is 4. The Kier molecular flexibility index (Phi) is 3.53. The molecule has 2 aromatic rings. The molecule has 0 radical (unpaired) electrons. The van der Waals surface area contributed by atoms with Crippen molar-refractivity contribution in [1.82, 2.24) is 9.88 Å². The number of ether oxygens (including phenoxy) is 1. The molecular weight excluding hydrogens is 230 g/mol. The van der Waals surface area contributed by atoms with Gasteiger partial charge in [-0.3, -0.25) is 4.79 Å². The van der Waals surface area contributed by atoms with E-state index in [1.807, 2.05) is 35.9 Å². The van der Waals surface area contributed by atoms with Crippen molar-refractivity contribution in [1.29, 1.82) is 0 Å². The van der Waals surface area contributed by atoms with Crippen LogP contribution in [0.5, 0.6) is 5.75 Å². The van der Waals surface area contributed by atoms with Gasteiger partial charge in [-0.25, -0.2) is 0 Å². The molecule has 0 spiro atoms. The molecule has 0 atom stereocenters. The molecule has 0 unspecified atom stereocenters. The minimum atomic E-state index is -0.113. The second-order valence-corrected chi connectivity index (χ2v) is 4.06. The monoisotopic (exact) mass is 247 g/mol. The highest BCUT2D eigenvalue weighted by atomic mass is 16.5. The molecule has 3 N–H and O–H groups in total. The van der Waals surface area contributed by atoms with Crippen LogP contribution in [0.15, 0.2) is 24.3 Å². The molecule has 0 aliphatic rings. The van der Waals surface area contributed by atoms with Crippen LogP contribution in [-0.4, -0.2) is 30.7 Å². The topological polar surface area (TPSA) is 69.3 Å². The third-order valence-electron chi connectivity index (χ3n) is 2.91. The molecule has 18 heavy (non-hydrogen) atoms. The Bertz CT molecular complexity index is 575.